The molecule has 2 aromatic rings. The Kier molecular flexibility index (Phi) is 5.07. The summed E-state index contributed by atoms with van der Waals surface area (Å²) in [5, 5.41) is 20.3. The third kappa shape index (κ3) is 3.91. The topological polar surface area (TPSA) is 101 Å². The lowest BCUT2D eigenvalue weighted by molar-refractivity contribution is -0.165. The summed E-state index contributed by atoms with van der Waals surface area (Å²) in [5.74, 6) is -2.17. The normalized spacial score (nSPS) is 13.3. The van der Waals surface area contributed by atoms with Crippen LogP contribution in [-0.2, 0) is 20.7 Å². The van der Waals surface area contributed by atoms with Crippen LogP contribution in [0.15, 0.2) is 24.3 Å². The first-order chi connectivity index (χ1) is 10.8. The second-order valence-corrected chi connectivity index (χ2v) is 6.22. The third-order valence-corrected chi connectivity index (χ3v) is 4.25. The molecular weight excluding hydrogens is 318 g/mol. The SMILES string of the molecule is COC(C)(C(=O)O)C(=O)Nc1nnc(Cc2ccc(C)cc2)s1. The fraction of sp³-hybridized carbons (Fsp3) is 0.333. The van der Waals surface area contributed by atoms with Crippen molar-refractivity contribution in [1.82, 2.24) is 10.2 Å². The summed E-state index contributed by atoms with van der Waals surface area (Å²) in [7, 11) is 1.16. The molecule has 1 unspecified atom stereocenters. The Morgan fingerprint density at radius 3 is 2.52 bits per heavy atom. The number of hydrogen-bond donors (Lipinski definition) is 2. The number of aryl methyl sites for hydroxylation is 1. The first-order valence-electron chi connectivity index (χ1n) is 6.83. The number of methoxy groups -OCH3 is 1. The number of amides is 1. The van der Waals surface area contributed by atoms with E-state index in [1.807, 2.05) is 31.2 Å². The van der Waals surface area contributed by atoms with Crippen LogP contribution in [0.2, 0.25) is 0 Å². The van der Waals surface area contributed by atoms with Crippen molar-refractivity contribution in [3.05, 3.63) is 40.4 Å². The number of ether oxygens (including phenoxy) is 1. The van der Waals surface area contributed by atoms with E-state index in [4.69, 9.17) is 9.84 Å². The number of carbonyl (C=O) groups excluding carboxylic acids is 1. The van der Waals surface area contributed by atoms with Crippen molar-refractivity contribution in [1.29, 1.82) is 0 Å². The Balaban J connectivity index is 2.06. The summed E-state index contributed by atoms with van der Waals surface area (Å²) < 4.78 is 4.79. The maximum Gasteiger partial charge on any atom is 0.345 e. The van der Waals surface area contributed by atoms with E-state index in [0.717, 1.165) is 17.7 Å². The standard InChI is InChI=1S/C15H17N3O4S/c1-9-4-6-10(7-5-9)8-11-17-18-14(23-11)16-12(19)15(2,22-3)13(20)21/h4-7H,8H2,1-3H3,(H,20,21)(H,16,18,19). The van der Waals surface area contributed by atoms with Crippen molar-refractivity contribution in [2.45, 2.75) is 25.9 Å². The highest BCUT2D eigenvalue weighted by Gasteiger charge is 2.42. The van der Waals surface area contributed by atoms with Crippen LogP contribution in [0.4, 0.5) is 5.13 Å². The number of benzene rings is 1. The van der Waals surface area contributed by atoms with Crippen molar-refractivity contribution in [3.8, 4) is 0 Å². The van der Waals surface area contributed by atoms with Crippen molar-refractivity contribution < 1.29 is 19.4 Å². The minimum absolute atomic E-state index is 0.238. The molecule has 0 fully saturated rings. The Bertz CT molecular complexity index is 714. The van der Waals surface area contributed by atoms with Crippen LogP contribution in [0, 0.1) is 6.92 Å². The van der Waals surface area contributed by atoms with Gasteiger partial charge in [0.1, 0.15) is 5.01 Å². The van der Waals surface area contributed by atoms with E-state index in [1.165, 1.54) is 23.8 Å². The Hall–Kier alpha value is -2.32. The molecule has 1 amide bonds. The number of carbonyl (C=O) groups is 2. The number of hydrogen-bond acceptors (Lipinski definition) is 6. The molecule has 0 saturated heterocycles. The van der Waals surface area contributed by atoms with Gasteiger partial charge in [0.2, 0.25) is 10.7 Å². The van der Waals surface area contributed by atoms with Gasteiger partial charge in [-0.25, -0.2) is 4.79 Å². The third-order valence-electron chi connectivity index (χ3n) is 3.41. The Morgan fingerprint density at radius 1 is 1.30 bits per heavy atom. The Morgan fingerprint density at radius 2 is 1.96 bits per heavy atom. The predicted octanol–water partition coefficient (Wildman–Crippen LogP) is 1.87. The van der Waals surface area contributed by atoms with E-state index in [0.29, 0.717) is 6.42 Å². The van der Waals surface area contributed by atoms with Gasteiger partial charge in [-0.2, -0.15) is 0 Å². The van der Waals surface area contributed by atoms with Gasteiger partial charge in [-0.05, 0) is 19.4 Å². The van der Waals surface area contributed by atoms with E-state index in [9.17, 15) is 9.59 Å². The largest absolute Gasteiger partial charge is 0.479 e. The molecular formula is C15H17N3O4S. The first kappa shape index (κ1) is 17.0. The average molecular weight is 335 g/mol. The van der Waals surface area contributed by atoms with Gasteiger partial charge in [-0.15, -0.1) is 10.2 Å². The number of rotatable bonds is 6. The lowest BCUT2D eigenvalue weighted by Crippen LogP contribution is -2.48. The quantitative estimate of drug-likeness (QED) is 0.782. The fourth-order valence-electron chi connectivity index (χ4n) is 1.75. The highest BCUT2D eigenvalue weighted by atomic mass is 32.1. The van der Waals surface area contributed by atoms with Crippen LogP contribution in [0.1, 0.15) is 23.1 Å². The van der Waals surface area contributed by atoms with Crippen molar-refractivity contribution in [2.75, 3.05) is 12.4 Å². The van der Waals surface area contributed by atoms with Crippen molar-refractivity contribution in [2.24, 2.45) is 0 Å². The van der Waals surface area contributed by atoms with Crippen LogP contribution in [0.25, 0.3) is 0 Å². The molecule has 0 spiro atoms. The molecule has 23 heavy (non-hydrogen) atoms. The summed E-state index contributed by atoms with van der Waals surface area (Å²) in [4.78, 5) is 23.2. The van der Waals surface area contributed by atoms with Crippen LogP contribution < -0.4 is 5.32 Å². The molecule has 7 nitrogen and oxygen atoms in total. The van der Waals surface area contributed by atoms with Gasteiger partial charge in [0.25, 0.3) is 5.91 Å². The fourth-order valence-corrected chi connectivity index (χ4v) is 2.52. The summed E-state index contributed by atoms with van der Waals surface area (Å²) in [6.07, 6.45) is 0.592. The zero-order valence-electron chi connectivity index (χ0n) is 13.0. The molecule has 2 rings (SSSR count). The van der Waals surface area contributed by atoms with Crippen LogP contribution >= 0.6 is 11.3 Å². The molecule has 0 saturated carbocycles. The van der Waals surface area contributed by atoms with Crippen molar-refractivity contribution >= 4 is 28.3 Å². The van der Waals surface area contributed by atoms with Crippen molar-refractivity contribution in [3.63, 3.8) is 0 Å². The number of nitrogens with zero attached hydrogens (tertiary/aromatic N) is 2. The first-order valence-corrected chi connectivity index (χ1v) is 7.64. The molecule has 122 valence electrons. The lowest BCUT2D eigenvalue weighted by Gasteiger charge is -2.20. The molecule has 8 heteroatoms. The molecule has 2 N–H and O–H groups in total. The summed E-state index contributed by atoms with van der Waals surface area (Å²) in [5.41, 5.74) is 0.284. The minimum atomic E-state index is -1.97. The predicted molar refractivity (Wildman–Crippen MR) is 85.6 cm³/mol. The monoisotopic (exact) mass is 335 g/mol. The molecule has 0 radical (unpaired) electrons. The lowest BCUT2D eigenvalue weighted by atomic mass is 10.1. The average Bonchev–Trinajstić information content (AvgIpc) is 2.95. The summed E-state index contributed by atoms with van der Waals surface area (Å²) >= 11 is 1.20. The van der Waals surface area contributed by atoms with E-state index >= 15 is 0 Å². The highest BCUT2D eigenvalue weighted by molar-refractivity contribution is 7.15. The maximum absolute atomic E-state index is 12.0. The van der Waals surface area contributed by atoms with Gasteiger partial charge < -0.3 is 9.84 Å². The van der Waals surface area contributed by atoms with Crippen LogP contribution in [0.3, 0.4) is 0 Å². The Labute approximate surface area is 137 Å². The number of nitrogens with one attached hydrogen (secondary N) is 1. The smallest absolute Gasteiger partial charge is 0.345 e. The molecule has 1 aromatic heterocycles. The second-order valence-electron chi connectivity index (χ2n) is 5.16. The minimum Gasteiger partial charge on any atom is -0.479 e. The van der Waals surface area contributed by atoms with Gasteiger partial charge in [-0.1, -0.05) is 41.2 Å². The second kappa shape index (κ2) is 6.84. The highest BCUT2D eigenvalue weighted by Crippen LogP contribution is 2.21. The molecule has 0 aliphatic rings. The number of aliphatic carboxylic acids is 1. The number of aromatic nitrogens is 2. The molecule has 0 aliphatic heterocycles. The summed E-state index contributed by atoms with van der Waals surface area (Å²) in [6.45, 7) is 3.19. The maximum atomic E-state index is 12.0. The molecule has 1 aromatic carbocycles. The van der Waals surface area contributed by atoms with Gasteiger partial charge in [-0.3, -0.25) is 10.1 Å². The molecule has 0 aliphatic carbocycles. The van der Waals surface area contributed by atoms with Crippen LogP contribution in [0.5, 0.6) is 0 Å². The zero-order chi connectivity index (χ0) is 17.0. The number of anilines is 1. The van der Waals surface area contributed by atoms with Gasteiger partial charge >= 0.3 is 5.97 Å². The van der Waals surface area contributed by atoms with Gasteiger partial charge in [0.15, 0.2) is 0 Å². The summed E-state index contributed by atoms with van der Waals surface area (Å²) in [6, 6.07) is 8.02. The van der Waals surface area contributed by atoms with E-state index in [-0.39, 0.29) is 5.13 Å². The van der Waals surface area contributed by atoms with E-state index in [2.05, 4.69) is 15.5 Å². The molecule has 0 bridgehead atoms. The number of carboxylic acid groups (broad SMARTS) is 1. The van der Waals surface area contributed by atoms with E-state index < -0.39 is 17.5 Å². The number of carboxylic acids is 1. The molecule has 1 heterocycles. The van der Waals surface area contributed by atoms with Gasteiger partial charge in [0, 0.05) is 13.5 Å². The van der Waals surface area contributed by atoms with Gasteiger partial charge in [0.05, 0.1) is 0 Å². The zero-order valence-corrected chi connectivity index (χ0v) is 13.8. The molecule has 1 atom stereocenters. The van der Waals surface area contributed by atoms with E-state index in [1.54, 1.807) is 0 Å². The van der Waals surface area contributed by atoms with Crippen LogP contribution in [-0.4, -0.2) is 39.9 Å².